The van der Waals surface area contributed by atoms with Crippen molar-refractivity contribution >= 4 is 5.69 Å². The summed E-state index contributed by atoms with van der Waals surface area (Å²) in [5.41, 5.74) is 2.66. The van der Waals surface area contributed by atoms with E-state index in [2.05, 4.69) is 9.80 Å². The predicted octanol–water partition coefficient (Wildman–Crippen LogP) is 3.73. The standard InChI is InChI=1S/C21H31FN2O/c1-16-13-17(22)3-8-20(16)24-11-2-9-21(15-24)10-12-23(14-21)18-4-6-19(25)7-5-18/h3,8,13,18-19,25H,2,4-7,9-12,14-15H2,1H3/t18?,19?,21-/m1/s1. The summed E-state index contributed by atoms with van der Waals surface area (Å²) >= 11 is 0. The molecular formula is C21H31FN2O. The highest BCUT2D eigenvalue weighted by Crippen LogP contribution is 2.42. The van der Waals surface area contributed by atoms with Gasteiger partial charge in [0.05, 0.1) is 6.10 Å². The molecule has 1 aliphatic carbocycles. The second-order valence-electron chi connectivity index (χ2n) is 8.64. The third-order valence-electron chi connectivity index (χ3n) is 6.81. The van der Waals surface area contributed by atoms with Crippen molar-refractivity contribution in [2.24, 2.45) is 5.41 Å². The number of nitrogens with zero attached hydrogens (tertiary/aromatic N) is 2. The Hall–Kier alpha value is -1.13. The van der Waals surface area contributed by atoms with Crippen molar-refractivity contribution in [3.63, 3.8) is 0 Å². The minimum atomic E-state index is -0.139. The van der Waals surface area contributed by atoms with Crippen molar-refractivity contribution < 1.29 is 9.50 Å². The summed E-state index contributed by atoms with van der Waals surface area (Å²) in [6, 6.07) is 5.88. The molecule has 4 rings (SSSR count). The van der Waals surface area contributed by atoms with Crippen molar-refractivity contribution in [1.82, 2.24) is 4.90 Å². The first kappa shape index (κ1) is 17.3. The molecule has 1 aromatic carbocycles. The Morgan fingerprint density at radius 1 is 1.08 bits per heavy atom. The molecule has 2 heterocycles. The van der Waals surface area contributed by atoms with Gasteiger partial charge in [0.25, 0.3) is 0 Å². The van der Waals surface area contributed by atoms with Crippen LogP contribution in [0.3, 0.4) is 0 Å². The normalized spacial score (nSPS) is 34.0. The minimum absolute atomic E-state index is 0.0700. The van der Waals surface area contributed by atoms with E-state index >= 15 is 0 Å². The van der Waals surface area contributed by atoms with Crippen molar-refractivity contribution in [3.05, 3.63) is 29.6 Å². The van der Waals surface area contributed by atoms with E-state index < -0.39 is 0 Å². The number of rotatable bonds is 2. The Balaban J connectivity index is 1.44. The molecule has 1 saturated carbocycles. The number of aliphatic hydroxyl groups excluding tert-OH is 1. The summed E-state index contributed by atoms with van der Waals surface area (Å²) < 4.78 is 13.5. The molecule has 1 aromatic rings. The van der Waals surface area contributed by atoms with Crippen LogP contribution in [0.4, 0.5) is 10.1 Å². The zero-order valence-electron chi connectivity index (χ0n) is 15.4. The Kier molecular flexibility index (Phi) is 4.76. The number of likely N-dealkylation sites (tertiary alicyclic amines) is 1. The molecule has 0 aromatic heterocycles. The quantitative estimate of drug-likeness (QED) is 0.884. The Morgan fingerprint density at radius 3 is 2.64 bits per heavy atom. The monoisotopic (exact) mass is 346 g/mol. The molecule has 0 amide bonds. The van der Waals surface area contributed by atoms with Gasteiger partial charge in [-0.3, -0.25) is 4.90 Å². The van der Waals surface area contributed by atoms with Gasteiger partial charge in [-0.2, -0.15) is 0 Å². The van der Waals surface area contributed by atoms with Gasteiger partial charge in [-0.25, -0.2) is 4.39 Å². The van der Waals surface area contributed by atoms with Crippen LogP contribution in [-0.2, 0) is 0 Å². The molecule has 138 valence electrons. The number of aliphatic hydroxyl groups is 1. The van der Waals surface area contributed by atoms with E-state index in [1.165, 1.54) is 38.0 Å². The molecule has 0 unspecified atom stereocenters. The molecule has 25 heavy (non-hydrogen) atoms. The van der Waals surface area contributed by atoms with E-state index in [1.807, 2.05) is 13.0 Å². The number of aryl methyl sites for hydroxylation is 1. The fourth-order valence-corrected chi connectivity index (χ4v) is 5.43. The second kappa shape index (κ2) is 6.88. The maximum atomic E-state index is 13.5. The zero-order chi connectivity index (χ0) is 17.4. The molecular weight excluding hydrogens is 315 g/mol. The summed E-state index contributed by atoms with van der Waals surface area (Å²) in [7, 11) is 0. The maximum absolute atomic E-state index is 13.5. The number of anilines is 1. The van der Waals surface area contributed by atoms with E-state index in [4.69, 9.17) is 0 Å². The van der Waals surface area contributed by atoms with Crippen LogP contribution < -0.4 is 4.90 Å². The smallest absolute Gasteiger partial charge is 0.123 e. The average molecular weight is 346 g/mol. The average Bonchev–Trinajstić information content (AvgIpc) is 2.99. The predicted molar refractivity (Wildman–Crippen MR) is 99.5 cm³/mol. The van der Waals surface area contributed by atoms with Gasteiger partial charge in [-0.05, 0) is 82.2 Å². The molecule has 1 atom stereocenters. The highest BCUT2D eigenvalue weighted by molar-refractivity contribution is 5.53. The lowest BCUT2D eigenvalue weighted by molar-refractivity contribution is 0.0770. The van der Waals surface area contributed by atoms with Crippen LogP contribution in [0.15, 0.2) is 18.2 Å². The molecule has 0 bridgehead atoms. The van der Waals surface area contributed by atoms with Gasteiger partial charge in [-0.15, -0.1) is 0 Å². The van der Waals surface area contributed by atoms with Crippen LogP contribution in [0, 0.1) is 18.2 Å². The summed E-state index contributed by atoms with van der Waals surface area (Å²) in [6.07, 6.45) is 7.99. The van der Waals surface area contributed by atoms with Gasteiger partial charge in [0.15, 0.2) is 0 Å². The van der Waals surface area contributed by atoms with E-state index in [0.29, 0.717) is 11.5 Å². The van der Waals surface area contributed by atoms with Crippen LogP contribution in [-0.4, -0.2) is 48.3 Å². The van der Waals surface area contributed by atoms with Gasteiger partial charge in [0.1, 0.15) is 5.82 Å². The molecule has 3 aliphatic rings. The van der Waals surface area contributed by atoms with Crippen LogP contribution >= 0.6 is 0 Å². The summed E-state index contributed by atoms with van der Waals surface area (Å²) in [4.78, 5) is 5.19. The number of piperidine rings is 1. The SMILES string of the molecule is Cc1cc(F)ccc1N1CCC[C@]2(CCN(C3CCC(O)CC3)C2)C1. The second-order valence-corrected chi connectivity index (χ2v) is 8.64. The Bertz CT molecular complexity index is 614. The summed E-state index contributed by atoms with van der Waals surface area (Å²) in [5, 5.41) is 9.77. The highest BCUT2D eigenvalue weighted by Gasteiger charge is 2.43. The summed E-state index contributed by atoms with van der Waals surface area (Å²) in [5.74, 6) is -0.139. The van der Waals surface area contributed by atoms with Crippen LogP contribution in [0.2, 0.25) is 0 Å². The minimum Gasteiger partial charge on any atom is -0.393 e. The number of hydrogen-bond acceptors (Lipinski definition) is 3. The first-order valence-electron chi connectivity index (χ1n) is 9.98. The first-order chi connectivity index (χ1) is 12.0. The Labute approximate surface area is 150 Å². The van der Waals surface area contributed by atoms with Gasteiger partial charge < -0.3 is 10.0 Å². The molecule has 2 saturated heterocycles. The maximum Gasteiger partial charge on any atom is 0.123 e. The molecule has 3 nitrogen and oxygen atoms in total. The largest absolute Gasteiger partial charge is 0.393 e. The molecule has 1 N–H and O–H groups in total. The van der Waals surface area contributed by atoms with Crippen molar-refractivity contribution in [1.29, 1.82) is 0 Å². The molecule has 3 fully saturated rings. The number of hydrogen-bond donors (Lipinski definition) is 1. The molecule has 1 spiro atoms. The van der Waals surface area contributed by atoms with E-state index in [9.17, 15) is 9.50 Å². The van der Waals surface area contributed by atoms with Crippen molar-refractivity contribution in [3.8, 4) is 0 Å². The first-order valence-corrected chi connectivity index (χ1v) is 9.98. The lowest BCUT2D eigenvalue weighted by Crippen LogP contribution is -2.46. The van der Waals surface area contributed by atoms with Gasteiger partial charge in [0.2, 0.25) is 0 Å². The lowest BCUT2D eigenvalue weighted by atomic mass is 9.79. The molecule has 4 heteroatoms. The Morgan fingerprint density at radius 2 is 1.88 bits per heavy atom. The van der Waals surface area contributed by atoms with Gasteiger partial charge >= 0.3 is 0 Å². The van der Waals surface area contributed by atoms with Gasteiger partial charge in [0, 0.05) is 36.8 Å². The van der Waals surface area contributed by atoms with E-state index in [-0.39, 0.29) is 11.9 Å². The van der Waals surface area contributed by atoms with E-state index in [1.54, 1.807) is 12.1 Å². The third kappa shape index (κ3) is 3.56. The highest BCUT2D eigenvalue weighted by atomic mass is 19.1. The molecule has 2 aliphatic heterocycles. The number of benzene rings is 1. The lowest BCUT2D eigenvalue weighted by Gasteiger charge is -2.43. The topological polar surface area (TPSA) is 26.7 Å². The van der Waals surface area contributed by atoms with E-state index in [0.717, 1.165) is 44.3 Å². The van der Waals surface area contributed by atoms with Crippen LogP contribution in [0.5, 0.6) is 0 Å². The van der Waals surface area contributed by atoms with Crippen molar-refractivity contribution in [2.75, 3.05) is 31.1 Å². The fourth-order valence-electron chi connectivity index (χ4n) is 5.43. The summed E-state index contributed by atoms with van der Waals surface area (Å²) in [6.45, 7) is 6.62. The number of halogens is 1. The van der Waals surface area contributed by atoms with Crippen molar-refractivity contribution in [2.45, 2.75) is 64.0 Å². The fraction of sp³-hybridized carbons (Fsp3) is 0.714. The third-order valence-corrected chi connectivity index (χ3v) is 6.81. The zero-order valence-corrected chi connectivity index (χ0v) is 15.4. The van der Waals surface area contributed by atoms with Crippen LogP contribution in [0.25, 0.3) is 0 Å². The van der Waals surface area contributed by atoms with Crippen LogP contribution in [0.1, 0.15) is 50.5 Å². The molecule has 0 radical (unpaired) electrons. The van der Waals surface area contributed by atoms with Gasteiger partial charge in [-0.1, -0.05) is 0 Å².